The minimum absolute atomic E-state index is 0.534. The van der Waals surface area contributed by atoms with Crippen LogP contribution in [-0.2, 0) is 0 Å². The summed E-state index contributed by atoms with van der Waals surface area (Å²) in [6, 6.07) is 8.83. The van der Waals surface area contributed by atoms with Gasteiger partial charge in [-0.1, -0.05) is 33.1 Å². The van der Waals surface area contributed by atoms with Crippen molar-refractivity contribution in [2.75, 3.05) is 11.9 Å². The molecule has 0 radical (unpaired) electrons. The third-order valence-corrected chi connectivity index (χ3v) is 3.01. The van der Waals surface area contributed by atoms with E-state index < -0.39 is 0 Å². The van der Waals surface area contributed by atoms with Gasteiger partial charge in [-0.05, 0) is 44.0 Å². The molecule has 0 aliphatic carbocycles. The summed E-state index contributed by atoms with van der Waals surface area (Å²) in [5.74, 6) is 0.972. The molecule has 0 amide bonds. The molecule has 0 aliphatic rings. The first-order valence-electron chi connectivity index (χ1n) is 7.25. The molecule has 0 fully saturated rings. The second kappa shape index (κ2) is 8.84. The van der Waals surface area contributed by atoms with Crippen LogP contribution in [0.15, 0.2) is 24.3 Å². The van der Waals surface area contributed by atoms with Gasteiger partial charge in [-0.3, -0.25) is 0 Å². The summed E-state index contributed by atoms with van der Waals surface area (Å²) in [7, 11) is 0. The summed E-state index contributed by atoms with van der Waals surface area (Å²) in [5.41, 5.74) is 1.18. The highest BCUT2D eigenvalue weighted by molar-refractivity contribution is 5.46. The van der Waals surface area contributed by atoms with Gasteiger partial charge in [0.15, 0.2) is 0 Å². The van der Waals surface area contributed by atoms with E-state index in [1.54, 1.807) is 0 Å². The first-order chi connectivity index (χ1) is 8.76. The average molecular weight is 249 g/mol. The molecule has 0 saturated carbocycles. The van der Waals surface area contributed by atoms with Gasteiger partial charge in [0, 0.05) is 11.7 Å². The van der Waals surface area contributed by atoms with Crippen molar-refractivity contribution in [3.63, 3.8) is 0 Å². The molecule has 0 saturated heterocycles. The number of unbranched alkanes of at least 4 members (excludes halogenated alkanes) is 2. The predicted molar refractivity (Wildman–Crippen MR) is 79.5 cm³/mol. The summed E-state index contributed by atoms with van der Waals surface area (Å²) >= 11 is 0. The van der Waals surface area contributed by atoms with E-state index in [4.69, 9.17) is 4.74 Å². The molecule has 2 heteroatoms. The molecule has 1 rings (SSSR count). The van der Waals surface area contributed by atoms with Crippen LogP contribution in [0.1, 0.15) is 52.9 Å². The Balaban J connectivity index is 2.33. The Morgan fingerprint density at radius 3 is 2.39 bits per heavy atom. The van der Waals surface area contributed by atoms with Gasteiger partial charge in [-0.2, -0.15) is 0 Å². The van der Waals surface area contributed by atoms with Gasteiger partial charge in [-0.15, -0.1) is 0 Å². The number of hydrogen-bond donors (Lipinski definition) is 1. The number of ether oxygens (including phenoxy) is 1. The fourth-order valence-corrected chi connectivity index (χ4v) is 1.98. The monoisotopic (exact) mass is 249 g/mol. The highest BCUT2D eigenvalue weighted by Crippen LogP contribution is 2.17. The zero-order valence-corrected chi connectivity index (χ0v) is 12.0. The quantitative estimate of drug-likeness (QED) is 0.631. The number of anilines is 1. The lowest BCUT2D eigenvalue weighted by molar-refractivity contribution is 0.306. The van der Waals surface area contributed by atoms with E-state index in [2.05, 4.69) is 38.2 Å². The predicted octanol–water partition coefficient (Wildman–Crippen LogP) is 4.86. The summed E-state index contributed by atoms with van der Waals surface area (Å²) in [4.78, 5) is 0. The molecule has 1 unspecified atom stereocenters. The number of nitrogens with one attached hydrogen (secondary N) is 1. The van der Waals surface area contributed by atoms with Crippen LogP contribution in [0.5, 0.6) is 5.75 Å². The lowest BCUT2D eigenvalue weighted by atomic mass is 10.2. The highest BCUT2D eigenvalue weighted by atomic mass is 16.5. The Morgan fingerprint density at radius 2 is 1.78 bits per heavy atom. The fourth-order valence-electron chi connectivity index (χ4n) is 1.98. The van der Waals surface area contributed by atoms with E-state index in [0.717, 1.165) is 18.8 Å². The molecule has 2 nitrogen and oxygen atoms in total. The Labute approximate surface area is 112 Å². The van der Waals surface area contributed by atoms with Crippen molar-refractivity contribution in [3.8, 4) is 5.75 Å². The summed E-state index contributed by atoms with van der Waals surface area (Å²) in [5, 5.41) is 3.49. The third-order valence-electron chi connectivity index (χ3n) is 3.01. The maximum absolute atomic E-state index is 5.69. The van der Waals surface area contributed by atoms with Crippen molar-refractivity contribution in [3.05, 3.63) is 24.3 Å². The van der Waals surface area contributed by atoms with Gasteiger partial charge in [0.1, 0.15) is 5.75 Å². The second-order valence-electron chi connectivity index (χ2n) is 4.91. The summed E-state index contributed by atoms with van der Waals surface area (Å²) < 4.78 is 5.69. The zero-order valence-electron chi connectivity index (χ0n) is 12.0. The van der Waals surface area contributed by atoms with Crippen LogP contribution in [0.3, 0.4) is 0 Å². The van der Waals surface area contributed by atoms with Crippen LogP contribution in [-0.4, -0.2) is 12.6 Å². The van der Waals surface area contributed by atoms with E-state index in [1.807, 2.05) is 12.1 Å². The van der Waals surface area contributed by atoms with Gasteiger partial charge in [0.25, 0.3) is 0 Å². The summed E-state index contributed by atoms with van der Waals surface area (Å²) in [6.45, 7) is 7.47. The lowest BCUT2D eigenvalue weighted by Gasteiger charge is -2.14. The molecule has 0 aromatic heterocycles. The van der Waals surface area contributed by atoms with Crippen molar-refractivity contribution in [1.29, 1.82) is 0 Å². The molecule has 1 atom stereocenters. The Morgan fingerprint density at radius 1 is 1.06 bits per heavy atom. The molecule has 0 spiro atoms. The topological polar surface area (TPSA) is 21.3 Å². The van der Waals surface area contributed by atoms with Crippen molar-refractivity contribution >= 4 is 5.69 Å². The van der Waals surface area contributed by atoms with Gasteiger partial charge < -0.3 is 10.1 Å². The first-order valence-corrected chi connectivity index (χ1v) is 7.25. The van der Waals surface area contributed by atoms with E-state index >= 15 is 0 Å². The van der Waals surface area contributed by atoms with Crippen LogP contribution >= 0.6 is 0 Å². The van der Waals surface area contributed by atoms with Crippen molar-refractivity contribution in [2.24, 2.45) is 0 Å². The molecule has 1 aromatic rings. The normalized spacial score (nSPS) is 12.2. The second-order valence-corrected chi connectivity index (χ2v) is 4.91. The molecule has 102 valence electrons. The standard InChI is InChI=1S/C16H27NO/c1-4-6-7-13-18-16-11-9-15(10-12-16)17-14(3)8-5-2/h9-12,14,17H,4-8,13H2,1-3H3. The molecular weight excluding hydrogens is 222 g/mol. The smallest absolute Gasteiger partial charge is 0.119 e. The van der Waals surface area contributed by atoms with E-state index in [0.29, 0.717) is 6.04 Å². The maximum Gasteiger partial charge on any atom is 0.119 e. The Bertz CT molecular complexity index is 307. The minimum Gasteiger partial charge on any atom is -0.494 e. The van der Waals surface area contributed by atoms with Crippen LogP contribution in [0.2, 0.25) is 0 Å². The van der Waals surface area contributed by atoms with Crippen molar-refractivity contribution in [1.82, 2.24) is 0 Å². The molecule has 1 N–H and O–H groups in total. The largest absolute Gasteiger partial charge is 0.494 e. The Kier molecular flexibility index (Phi) is 7.31. The number of benzene rings is 1. The third kappa shape index (κ3) is 5.95. The molecular formula is C16H27NO. The van der Waals surface area contributed by atoms with E-state index in [1.165, 1.54) is 31.4 Å². The molecule has 0 heterocycles. The van der Waals surface area contributed by atoms with Crippen LogP contribution in [0.25, 0.3) is 0 Å². The Hall–Kier alpha value is -1.18. The molecule has 0 bridgehead atoms. The maximum atomic E-state index is 5.69. The van der Waals surface area contributed by atoms with Gasteiger partial charge in [0.05, 0.1) is 6.61 Å². The van der Waals surface area contributed by atoms with Crippen molar-refractivity contribution < 1.29 is 4.74 Å². The van der Waals surface area contributed by atoms with Crippen LogP contribution in [0, 0.1) is 0 Å². The van der Waals surface area contributed by atoms with Crippen LogP contribution in [0.4, 0.5) is 5.69 Å². The fraction of sp³-hybridized carbons (Fsp3) is 0.625. The summed E-state index contributed by atoms with van der Waals surface area (Å²) in [6.07, 6.45) is 6.04. The molecule has 0 aliphatic heterocycles. The number of rotatable bonds is 9. The first kappa shape index (κ1) is 14.9. The number of hydrogen-bond acceptors (Lipinski definition) is 2. The minimum atomic E-state index is 0.534. The van der Waals surface area contributed by atoms with Crippen molar-refractivity contribution in [2.45, 2.75) is 58.9 Å². The molecule has 1 aromatic carbocycles. The van der Waals surface area contributed by atoms with Gasteiger partial charge in [-0.25, -0.2) is 0 Å². The molecule has 18 heavy (non-hydrogen) atoms. The van der Waals surface area contributed by atoms with Gasteiger partial charge in [0.2, 0.25) is 0 Å². The lowest BCUT2D eigenvalue weighted by Crippen LogP contribution is -2.14. The van der Waals surface area contributed by atoms with Crippen LogP contribution < -0.4 is 10.1 Å². The SMILES string of the molecule is CCCCCOc1ccc(NC(C)CCC)cc1. The van der Waals surface area contributed by atoms with E-state index in [9.17, 15) is 0 Å². The zero-order chi connectivity index (χ0) is 13.2. The highest BCUT2D eigenvalue weighted by Gasteiger charge is 2.00. The van der Waals surface area contributed by atoms with Gasteiger partial charge >= 0.3 is 0 Å². The van der Waals surface area contributed by atoms with E-state index in [-0.39, 0.29) is 0 Å². The average Bonchev–Trinajstić information content (AvgIpc) is 2.37.